The molecule has 0 bridgehead atoms. The van der Waals surface area contributed by atoms with Crippen LogP contribution in [0, 0.1) is 18.7 Å². The summed E-state index contributed by atoms with van der Waals surface area (Å²) in [6, 6.07) is 8.10. The lowest BCUT2D eigenvalue weighted by Crippen LogP contribution is -2.15. The van der Waals surface area contributed by atoms with Gasteiger partial charge in [-0.15, -0.1) is 0 Å². The van der Waals surface area contributed by atoms with Gasteiger partial charge in [-0.1, -0.05) is 17.7 Å². The van der Waals surface area contributed by atoms with E-state index in [1.54, 1.807) is 24.3 Å². The topological polar surface area (TPSA) is 42.0 Å². The maximum atomic E-state index is 13.3. The van der Waals surface area contributed by atoms with Crippen molar-refractivity contribution in [3.63, 3.8) is 0 Å². The fourth-order valence-electron chi connectivity index (χ4n) is 1.43. The molecule has 0 atom stereocenters. The van der Waals surface area contributed by atoms with Gasteiger partial charge in [-0.2, -0.15) is 4.39 Å². The SMILES string of the molecule is Cc1ccc(NC(=O)c2ccnc(F)c2F)cc1. The molecule has 0 aliphatic carbocycles. The third kappa shape index (κ3) is 2.51. The Labute approximate surface area is 102 Å². The van der Waals surface area contributed by atoms with E-state index in [-0.39, 0.29) is 5.56 Å². The van der Waals surface area contributed by atoms with Crippen LogP contribution in [0.2, 0.25) is 0 Å². The molecule has 0 fully saturated rings. The van der Waals surface area contributed by atoms with E-state index in [4.69, 9.17) is 0 Å². The molecule has 1 heterocycles. The molecule has 18 heavy (non-hydrogen) atoms. The van der Waals surface area contributed by atoms with Gasteiger partial charge in [0.2, 0.25) is 5.95 Å². The number of rotatable bonds is 2. The molecule has 5 heteroatoms. The second-order valence-electron chi connectivity index (χ2n) is 3.78. The summed E-state index contributed by atoms with van der Waals surface area (Å²) < 4.78 is 26.2. The number of halogens is 2. The Hall–Kier alpha value is -2.30. The van der Waals surface area contributed by atoms with Gasteiger partial charge in [0.05, 0.1) is 5.56 Å². The molecule has 1 amide bonds. The molecule has 0 unspecified atom stereocenters. The van der Waals surface area contributed by atoms with Crippen molar-refractivity contribution in [3.05, 3.63) is 59.4 Å². The maximum absolute atomic E-state index is 13.3. The third-order valence-electron chi connectivity index (χ3n) is 2.40. The second-order valence-corrected chi connectivity index (χ2v) is 3.78. The van der Waals surface area contributed by atoms with Gasteiger partial charge >= 0.3 is 0 Å². The number of aryl methyl sites for hydroxylation is 1. The van der Waals surface area contributed by atoms with Crippen molar-refractivity contribution in [3.8, 4) is 0 Å². The number of amides is 1. The van der Waals surface area contributed by atoms with Crippen molar-refractivity contribution in [1.82, 2.24) is 4.98 Å². The molecule has 1 aromatic carbocycles. The molecule has 1 aromatic heterocycles. The molecule has 0 aliphatic heterocycles. The predicted molar refractivity (Wildman–Crippen MR) is 63.3 cm³/mol. The fourth-order valence-corrected chi connectivity index (χ4v) is 1.43. The molecule has 0 radical (unpaired) electrons. The van der Waals surface area contributed by atoms with Crippen molar-refractivity contribution >= 4 is 11.6 Å². The van der Waals surface area contributed by atoms with Crippen molar-refractivity contribution in [2.75, 3.05) is 5.32 Å². The smallest absolute Gasteiger partial charge is 0.258 e. The first kappa shape index (κ1) is 12.2. The van der Waals surface area contributed by atoms with Crippen molar-refractivity contribution in [2.24, 2.45) is 0 Å². The van der Waals surface area contributed by atoms with Gasteiger partial charge in [-0.25, -0.2) is 9.37 Å². The van der Waals surface area contributed by atoms with E-state index in [1.807, 2.05) is 6.92 Å². The Morgan fingerprint density at radius 1 is 1.17 bits per heavy atom. The summed E-state index contributed by atoms with van der Waals surface area (Å²) in [5.74, 6) is -3.24. The van der Waals surface area contributed by atoms with E-state index in [2.05, 4.69) is 10.3 Å². The average molecular weight is 248 g/mol. The number of pyridine rings is 1. The molecule has 0 aliphatic rings. The lowest BCUT2D eigenvalue weighted by Gasteiger charge is -2.06. The largest absolute Gasteiger partial charge is 0.322 e. The minimum absolute atomic E-state index is 0.372. The lowest BCUT2D eigenvalue weighted by atomic mass is 10.2. The molecule has 3 nitrogen and oxygen atoms in total. The predicted octanol–water partition coefficient (Wildman–Crippen LogP) is 2.92. The number of hydrogen-bond donors (Lipinski definition) is 1. The summed E-state index contributed by atoms with van der Waals surface area (Å²) in [6.45, 7) is 1.91. The van der Waals surface area contributed by atoms with Crippen molar-refractivity contribution < 1.29 is 13.6 Å². The number of nitrogens with zero attached hydrogens (tertiary/aromatic N) is 1. The molecular formula is C13H10F2N2O. The molecular weight excluding hydrogens is 238 g/mol. The number of carbonyl (C=O) groups is 1. The van der Waals surface area contributed by atoms with Crippen LogP contribution in [0.5, 0.6) is 0 Å². The number of anilines is 1. The lowest BCUT2D eigenvalue weighted by molar-refractivity contribution is 0.102. The third-order valence-corrected chi connectivity index (χ3v) is 2.40. The average Bonchev–Trinajstić information content (AvgIpc) is 2.35. The molecule has 0 saturated carbocycles. The highest BCUT2D eigenvalue weighted by molar-refractivity contribution is 6.04. The van der Waals surface area contributed by atoms with Gasteiger partial charge in [-0.05, 0) is 25.1 Å². The zero-order valence-corrected chi connectivity index (χ0v) is 9.58. The summed E-state index contributed by atoms with van der Waals surface area (Å²) in [5, 5.41) is 2.48. The highest BCUT2D eigenvalue weighted by Gasteiger charge is 2.15. The van der Waals surface area contributed by atoms with Crippen LogP contribution in [0.15, 0.2) is 36.5 Å². The highest BCUT2D eigenvalue weighted by atomic mass is 19.2. The van der Waals surface area contributed by atoms with E-state index in [9.17, 15) is 13.6 Å². The van der Waals surface area contributed by atoms with E-state index < -0.39 is 17.7 Å². The molecule has 1 N–H and O–H groups in total. The standard InChI is InChI=1S/C13H10F2N2O/c1-8-2-4-9(5-3-8)17-13(18)10-6-7-16-12(15)11(10)14/h2-7H,1H3,(H,17,18). The van der Waals surface area contributed by atoms with Gasteiger partial charge in [-0.3, -0.25) is 4.79 Å². The molecule has 2 aromatic rings. The second kappa shape index (κ2) is 4.91. The minimum atomic E-state index is -1.29. The zero-order chi connectivity index (χ0) is 13.1. The normalized spacial score (nSPS) is 10.2. The van der Waals surface area contributed by atoms with Crippen molar-refractivity contribution in [1.29, 1.82) is 0 Å². The summed E-state index contributed by atoms with van der Waals surface area (Å²) in [5.41, 5.74) is 1.18. The van der Waals surface area contributed by atoms with Crippen LogP contribution in [0.3, 0.4) is 0 Å². The quantitative estimate of drug-likeness (QED) is 0.830. The summed E-state index contributed by atoms with van der Waals surface area (Å²) in [6.07, 6.45) is 1.04. The van der Waals surface area contributed by atoms with Crippen LogP contribution < -0.4 is 5.32 Å². The Kier molecular flexibility index (Phi) is 3.32. The fraction of sp³-hybridized carbons (Fsp3) is 0.0769. The Bertz CT molecular complexity index is 582. The summed E-state index contributed by atoms with van der Waals surface area (Å²) in [4.78, 5) is 14.8. The number of nitrogens with one attached hydrogen (secondary N) is 1. The van der Waals surface area contributed by atoms with Gasteiger partial charge in [0.25, 0.3) is 5.91 Å². The van der Waals surface area contributed by atoms with Gasteiger partial charge in [0, 0.05) is 11.9 Å². The number of hydrogen-bond acceptors (Lipinski definition) is 2. The van der Waals surface area contributed by atoms with E-state index in [0.29, 0.717) is 5.69 Å². The van der Waals surface area contributed by atoms with Gasteiger partial charge in [0.15, 0.2) is 5.82 Å². The molecule has 0 spiro atoms. The van der Waals surface area contributed by atoms with E-state index in [1.165, 1.54) is 0 Å². The number of carbonyl (C=O) groups excluding carboxylic acids is 1. The first-order valence-electron chi connectivity index (χ1n) is 5.26. The van der Waals surface area contributed by atoms with Gasteiger partial charge in [0.1, 0.15) is 0 Å². The maximum Gasteiger partial charge on any atom is 0.258 e. The van der Waals surface area contributed by atoms with Crippen LogP contribution in [-0.4, -0.2) is 10.9 Å². The monoisotopic (exact) mass is 248 g/mol. The van der Waals surface area contributed by atoms with Crippen molar-refractivity contribution in [2.45, 2.75) is 6.92 Å². The Morgan fingerprint density at radius 3 is 2.50 bits per heavy atom. The summed E-state index contributed by atoms with van der Waals surface area (Å²) >= 11 is 0. The summed E-state index contributed by atoms with van der Waals surface area (Å²) in [7, 11) is 0. The van der Waals surface area contributed by atoms with E-state index >= 15 is 0 Å². The van der Waals surface area contributed by atoms with Crippen LogP contribution >= 0.6 is 0 Å². The van der Waals surface area contributed by atoms with Crippen LogP contribution in [0.25, 0.3) is 0 Å². The molecule has 92 valence electrons. The van der Waals surface area contributed by atoms with Crippen LogP contribution in [0.4, 0.5) is 14.5 Å². The molecule has 0 saturated heterocycles. The number of benzene rings is 1. The Balaban J connectivity index is 2.22. The number of aromatic nitrogens is 1. The highest BCUT2D eigenvalue weighted by Crippen LogP contribution is 2.13. The zero-order valence-electron chi connectivity index (χ0n) is 9.58. The first-order valence-corrected chi connectivity index (χ1v) is 5.26. The first-order chi connectivity index (χ1) is 8.58. The molecule has 2 rings (SSSR count). The van der Waals surface area contributed by atoms with Crippen LogP contribution in [0.1, 0.15) is 15.9 Å². The minimum Gasteiger partial charge on any atom is -0.322 e. The Morgan fingerprint density at radius 2 is 1.83 bits per heavy atom. The van der Waals surface area contributed by atoms with Gasteiger partial charge < -0.3 is 5.32 Å². The van der Waals surface area contributed by atoms with E-state index in [0.717, 1.165) is 17.8 Å². The van der Waals surface area contributed by atoms with Crippen LogP contribution in [-0.2, 0) is 0 Å².